The maximum Gasteiger partial charge on any atom is 0.267 e. The highest BCUT2D eigenvalue weighted by atomic mass is 19.3. The van der Waals surface area contributed by atoms with Gasteiger partial charge in [-0.15, -0.1) is 6.58 Å². The van der Waals surface area contributed by atoms with E-state index in [1.807, 2.05) is 0 Å². The topological polar surface area (TPSA) is 26.0 Å². The molecule has 0 saturated carbocycles. The molecule has 0 aliphatic rings. The van der Waals surface area contributed by atoms with E-state index < -0.39 is 23.8 Å². The van der Waals surface area contributed by atoms with Crippen LogP contribution in [-0.4, -0.2) is 0 Å². The zero-order chi connectivity index (χ0) is 10.7. The van der Waals surface area contributed by atoms with Gasteiger partial charge >= 0.3 is 0 Å². The smallest absolute Gasteiger partial charge is 0.267 e. The van der Waals surface area contributed by atoms with Crippen molar-refractivity contribution >= 4 is 0 Å². The van der Waals surface area contributed by atoms with Gasteiger partial charge < -0.3 is 5.73 Å². The third-order valence-corrected chi connectivity index (χ3v) is 1.92. The molecule has 4 heteroatoms. The summed E-state index contributed by atoms with van der Waals surface area (Å²) < 4.78 is 37.9. The fraction of sp³-hybridized carbons (Fsp3) is 0.200. The Hall–Kier alpha value is -1.29. The lowest BCUT2D eigenvalue weighted by Gasteiger charge is -2.13. The Morgan fingerprint density at radius 1 is 1.36 bits per heavy atom. The van der Waals surface area contributed by atoms with E-state index in [1.165, 1.54) is 18.2 Å². The average Bonchev–Trinajstić information content (AvgIpc) is 2.15. The molecule has 1 aromatic carbocycles. The van der Waals surface area contributed by atoms with Crippen molar-refractivity contribution in [3.63, 3.8) is 0 Å². The van der Waals surface area contributed by atoms with Crippen LogP contribution in [-0.2, 0) is 0 Å². The van der Waals surface area contributed by atoms with Crippen LogP contribution >= 0.6 is 0 Å². The van der Waals surface area contributed by atoms with E-state index in [-0.39, 0.29) is 5.56 Å². The number of halogens is 3. The van der Waals surface area contributed by atoms with Gasteiger partial charge in [-0.05, 0) is 11.6 Å². The molecule has 0 radical (unpaired) electrons. The van der Waals surface area contributed by atoms with Crippen molar-refractivity contribution in [2.75, 3.05) is 0 Å². The van der Waals surface area contributed by atoms with Crippen molar-refractivity contribution < 1.29 is 13.2 Å². The predicted molar refractivity (Wildman–Crippen MR) is 48.5 cm³/mol. The van der Waals surface area contributed by atoms with E-state index in [1.54, 1.807) is 0 Å². The van der Waals surface area contributed by atoms with Gasteiger partial charge in [0.15, 0.2) is 0 Å². The lowest BCUT2D eigenvalue weighted by Crippen LogP contribution is -2.11. The Labute approximate surface area is 80.0 Å². The van der Waals surface area contributed by atoms with E-state index in [4.69, 9.17) is 5.73 Å². The predicted octanol–water partition coefficient (Wildman–Crippen LogP) is 2.95. The van der Waals surface area contributed by atoms with E-state index >= 15 is 0 Å². The Bertz CT molecular complexity index is 336. The van der Waals surface area contributed by atoms with Crippen LogP contribution in [0.4, 0.5) is 13.2 Å². The molecule has 1 rings (SSSR count). The lowest BCUT2D eigenvalue weighted by molar-refractivity contribution is 0.145. The van der Waals surface area contributed by atoms with Gasteiger partial charge in [0.05, 0.1) is 5.56 Å². The standard InChI is InChI=1S/C10H10F3N/c1-2-8(14)6-4-3-5-7(11)9(6)10(12)13/h2-5,8,10H,1,14H2/t8-/m1/s1. The van der Waals surface area contributed by atoms with Crippen molar-refractivity contribution in [2.24, 2.45) is 5.73 Å². The number of alkyl halides is 2. The van der Waals surface area contributed by atoms with Crippen LogP contribution in [0.3, 0.4) is 0 Å². The summed E-state index contributed by atoms with van der Waals surface area (Å²) in [6, 6.07) is 2.94. The molecule has 1 aromatic rings. The summed E-state index contributed by atoms with van der Waals surface area (Å²) in [4.78, 5) is 0. The molecule has 1 atom stereocenters. The van der Waals surface area contributed by atoms with Gasteiger partial charge in [-0.25, -0.2) is 13.2 Å². The van der Waals surface area contributed by atoms with Crippen molar-refractivity contribution in [2.45, 2.75) is 12.5 Å². The van der Waals surface area contributed by atoms with Crippen molar-refractivity contribution in [3.8, 4) is 0 Å². The molecule has 0 amide bonds. The van der Waals surface area contributed by atoms with Gasteiger partial charge in [-0.2, -0.15) is 0 Å². The zero-order valence-corrected chi connectivity index (χ0v) is 7.38. The maximum absolute atomic E-state index is 13.0. The Balaban J connectivity index is 3.27. The van der Waals surface area contributed by atoms with Crippen LogP contribution in [0.1, 0.15) is 23.6 Å². The number of benzene rings is 1. The summed E-state index contributed by atoms with van der Waals surface area (Å²) in [5.41, 5.74) is 4.92. The average molecular weight is 201 g/mol. The molecule has 0 aliphatic heterocycles. The maximum atomic E-state index is 13.0. The fourth-order valence-electron chi connectivity index (χ4n) is 1.20. The molecule has 1 nitrogen and oxygen atoms in total. The molecule has 0 heterocycles. The lowest BCUT2D eigenvalue weighted by atomic mass is 10.0. The summed E-state index contributed by atoms with van der Waals surface area (Å²) in [7, 11) is 0. The third-order valence-electron chi connectivity index (χ3n) is 1.92. The zero-order valence-electron chi connectivity index (χ0n) is 7.38. The minimum Gasteiger partial charge on any atom is -0.321 e. The molecule has 14 heavy (non-hydrogen) atoms. The van der Waals surface area contributed by atoms with Crippen LogP contribution in [0.2, 0.25) is 0 Å². The molecule has 0 unspecified atom stereocenters. The van der Waals surface area contributed by atoms with Crippen LogP contribution in [0, 0.1) is 5.82 Å². The van der Waals surface area contributed by atoms with Crippen LogP contribution < -0.4 is 5.73 Å². The summed E-state index contributed by atoms with van der Waals surface area (Å²) in [5.74, 6) is -0.935. The molecule has 2 N–H and O–H groups in total. The molecule has 0 spiro atoms. The first-order valence-corrected chi connectivity index (χ1v) is 4.02. The quantitative estimate of drug-likeness (QED) is 0.747. The van der Waals surface area contributed by atoms with Crippen molar-refractivity contribution in [3.05, 3.63) is 47.8 Å². The molecule has 0 saturated heterocycles. The number of hydrogen-bond donors (Lipinski definition) is 1. The first-order chi connectivity index (χ1) is 6.57. The van der Waals surface area contributed by atoms with Gasteiger partial charge in [0.1, 0.15) is 5.82 Å². The highest BCUT2D eigenvalue weighted by Gasteiger charge is 2.20. The van der Waals surface area contributed by atoms with E-state index in [2.05, 4.69) is 6.58 Å². The third kappa shape index (κ3) is 1.96. The van der Waals surface area contributed by atoms with Crippen LogP contribution in [0.25, 0.3) is 0 Å². The van der Waals surface area contributed by atoms with Gasteiger partial charge in [0, 0.05) is 6.04 Å². The highest BCUT2D eigenvalue weighted by molar-refractivity contribution is 5.34. The minimum atomic E-state index is -2.86. The SMILES string of the molecule is C=C[C@@H](N)c1cccc(F)c1C(F)F. The van der Waals surface area contributed by atoms with Crippen molar-refractivity contribution in [1.29, 1.82) is 0 Å². The highest BCUT2D eigenvalue weighted by Crippen LogP contribution is 2.29. The van der Waals surface area contributed by atoms with Gasteiger partial charge in [0.25, 0.3) is 6.43 Å². The molecule has 0 bridgehead atoms. The summed E-state index contributed by atoms with van der Waals surface area (Å²) in [6.45, 7) is 3.37. The Morgan fingerprint density at radius 3 is 2.50 bits per heavy atom. The summed E-state index contributed by atoms with van der Waals surface area (Å²) >= 11 is 0. The van der Waals surface area contributed by atoms with E-state index in [0.29, 0.717) is 0 Å². The number of nitrogens with two attached hydrogens (primary N) is 1. The summed E-state index contributed by atoms with van der Waals surface area (Å²) in [6.07, 6.45) is -1.57. The number of rotatable bonds is 3. The van der Waals surface area contributed by atoms with Crippen LogP contribution in [0.15, 0.2) is 30.9 Å². The van der Waals surface area contributed by atoms with Gasteiger partial charge in [0.2, 0.25) is 0 Å². The van der Waals surface area contributed by atoms with Gasteiger partial charge in [-0.1, -0.05) is 18.2 Å². The van der Waals surface area contributed by atoms with Crippen molar-refractivity contribution in [1.82, 2.24) is 0 Å². The van der Waals surface area contributed by atoms with Crippen LogP contribution in [0.5, 0.6) is 0 Å². The fourth-order valence-corrected chi connectivity index (χ4v) is 1.20. The molecular formula is C10H10F3N. The first kappa shape index (κ1) is 10.8. The monoisotopic (exact) mass is 201 g/mol. The summed E-state index contributed by atoms with van der Waals surface area (Å²) in [5, 5.41) is 0. The second-order valence-corrected chi connectivity index (χ2v) is 2.80. The molecule has 0 fully saturated rings. The normalized spacial score (nSPS) is 12.9. The molecule has 0 aromatic heterocycles. The molecule has 76 valence electrons. The first-order valence-electron chi connectivity index (χ1n) is 4.02. The Kier molecular flexibility index (Phi) is 3.30. The van der Waals surface area contributed by atoms with E-state index in [9.17, 15) is 13.2 Å². The number of hydrogen-bond acceptors (Lipinski definition) is 1. The van der Waals surface area contributed by atoms with E-state index in [0.717, 1.165) is 6.07 Å². The largest absolute Gasteiger partial charge is 0.321 e. The Morgan fingerprint density at radius 2 is 2.00 bits per heavy atom. The molecule has 0 aliphatic carbocycles. The second-order valence-electron chi connectivity index (χ2n) is 2.80. The molecular weight excluding hydrogens is 191 g/mol. The second kappa shape index (κ2) is 4.28. The minimum absolute atomic E-state index is 0.0787. The van der Waals surface area contributed by atoms with Gasteiger partial charge in [-0.3, -0.25) is 0 Å².